The van der Waals surface area contributed by atoms with Gasteiger partial charge in [0.15, 0.2) is 0 Å². The van der Waals surface area contributed by atoms with Gasteiger partial charge in [0, 0.05) is 5.41 Å². The molecule has 1 aliphatic heterocycles. The van der Waals surface area contributed by atoms with Crippen molar-refractivity contribution in [2.75, 3.05) is 6.61 Å². The van der Waals surface area contributed by atoms with Crippen molar-refractivity contribution in [2.24, 2.45) is 5.41 Å². The predicted molar refractivity (Wildman–Crippen MR) is 70.5 cm³/mol. The van der Waals surface area contributed by atoms with Crippen LogP contribution < -0.4 is 5.32 Å². The fourth-order valence-electron chi connectivity index (χ4n) is 3.97. The fraction of sp³-hybridized carbons (Fsp3) is 0.800. The summed E-state index contributed by atoms with van der Waals surface area (Å²) in [6.07, 6.45) is 9.20. The van der Waals surface area contributed by atoms with Gasteiger partial charge in [-0.25, -0.2) is 4.79 Å². The van der Waals surface area contributed by atoms with Gasteiger partial charge in [0.05, 0.1) is 12.1 Å². The summed E-state index contributed by atoms with van der Waals surface area (Å²) < 4.78 is 11.3. The lowest BCUT2D eigenvalue weighted by Gasteiger charge is -2.64. The van der Waals surface area contributed by atoms with Gasteiger partial charge in [-0.2, -0.15) is 0 Å². The molecule has 1 heterocycles. The molecule has 1 amide bonds. The molecule has 19 heavy (non-hydrogen) atoms. The maximum atomic E-state index is 12.0. The van der Waals surface area contributed by atoms with Crippen LogP contribution in [0, 0.1) is 17.8 Å². The first-order valence-corrected chi connectivity index (χ1v) is 6.91. The summed E-state index contributed by atoms with van der Waals surface area (Å²) in [5.74, 6) is 2.83. The van der Waals surface area contributed by atoms with E-state index in [4.69, 9.17) is 15.9 Å². The van der Waals surface area contributed by atoms with Gasteiger partial charge in [-0.05, 0) is 46.5 Å². The Morgan fingerprint density at radius 1 is 1.32 bits per heavy atom. The van der Waals surface area contributed by atoms with Crippen LogP contribution in [0.4, 0.5) is 4.79 Å². The van der Waals surface area contributed by atoms with Crippen molar-refractivity contribution in [1.29, 1.82) is 0 Å². The van der Waals surface area contributed by atoms with Crippen molar-refractivity contribution in [1.82, 2.24) is 5.32 Å². The molecule has 3 aliphatic rings. The quantitative estimate of drug-likeness (QED) is 0.738. The number of hydrogen-bond donors (Lipinski definition) is 1. The lowest BCUT2D eigenvalue weighted by Crippen LogP contribution is -2.74. The van der Waals surface area contributed by atoms with E-state index in [0.29, 0.717) is 6.61 Å². The molecule has 3 atom stereocenters. The minimum Gasteiger partial charge on any atom is -0.444 e. The number of hydrogen-bond acceptors (Lipinski definition) is 3. The molecule has 3 rings (SSSR count). The molecular formula is C15H21NO3. The summed E-state index contributed by atoms with van der Waals surface area (Å²) in [5, 5.41) is 3.05. The highest BCUT2D eigenvalue weighted by Gasteiger charge is 2.79. The summed E-state index contributed by atoms with van der Waals surface area (Å²) >= 11 is 0. The first-order chi connectivity index (χ1) is 8.78. The molecular weight excluding hydrogens is 242 g/mol. The zero-order chi connectivity index (χ0) is 13.9. The van der Waals surface area contributed by atoms with Crippen LogP contribution in [0.5, 0.6) is 0 Å². The minimum atomic E-state index is -0.486. The molecule has 2 saturated carbocycles. The molecule has 0 radical (unpaired) electrons. The average molecular weight is 263 g/mol. The highest BCUT2D eigenvalue weighted by atomic mass is 16.6. The molecule has 3 fully saturated rings. The molecule has 1 saturated heterocycles. The highest BCUT2D eigenvalue weighted by molar-refractivity contribution is 5.70. The third-order valence-corrected chi connectivity index (χ3v) is 5.11. The summed E-state index contributed by atoms with van der Waals surface area (Å²) in [6, 6.07) is 0. The Kier molecular flexibility index (Phi) is 2.33. The van der Waals surface area contributed by atoms with E-state index >= 15 is 0 Å². The number of terminal acetylenes is 1. The van der Waals surface area contributed by atoms with Crippen LogP contribution in [-0.2, 0) is 9.47 Å². The number of ether oxygens (including phenoxy) is 2. The van der Waals surface area contributed by atoms with Crippen LogP contribution in [0.25, 0.3) is 0 Å². The molecule has 2 aliphatic carbocycles. The number of nitrogens with one attached hydrogen (secondary N) is 1. The van der Waals surface area contributed by atoms with Crippen molar-refractivity contribution in [3.05, 3.63) is 0 Å². The van der Waals surface area contributed by atoms with Crippen LogP contribution in [0.15, 0.2) is 0 Å². The van der Waals surface area contributed by atoms with E-state index in [-0.39, 0.29) is 17.0 Å². The summed E-state index contributed by atoms with van der Waals surface area (Å²) in [4.78, 5) is 12.0. The second-order valence-electron chi connectivity index (χ2n) is 7.05. The molecule has 1 N–H and O–H groups in total. The third-order valence-electron chi connectivity index (χ3n) is 5.11. The van der Waals surface area contributed by atoms with Gasteiger partial charge >= 0.3 is 6.09 Å². The summed E-state index contributed by atoms with van der Waals surface area (Å²) in [5.41, 5.74) is -1.29. The second kappa shape index (κ2) is 3.46. The Morgan fingerprint density at radius 3 is 2.42 bits per heavy atom. The SMILES string of the molecule is C#CC12CCC13CCC3(NC(=O)OC(C)(C)C)CO2. The van der Waals surface area contributed by atoms with E-state index in [9.17, 15) is 4.79 Å². The lowest BCUT2D eigenvalue weighted by atomic mass is 9.41. The molecule has 104 valence electrons. The number of alkyl carbamates (subject to hydrolysis) is 1. The number of carbonyl (C=O) groups is 1. The van der Waals surface area contributed by atoms with Crippen molar-refractivity contribution < 1.29 is 14.3 Å². The van der Waals surface area contributed by atoms with Gasteiger partial charge in [0.2, 0.25) is 0 Å². The third kappa shape index (κ3) is 1.42. The van der Waals surface area contributed by atoms with Crippen LogP contribution in [0.2, 0.25) is 0 Å². The van der Waals surface area contributed by atoms with Gasteiger partial charge in [-0.3, -0.25) is 0 Å². The Bertz CT molecular complexity index is 471. The van der Waals surface area contributed by atoms with Gasteiger partial charge < -0.3 is 14.8 Å². The predicted octanol–water partition coefficient (Wildman–Crippen LogP) is 2.23. The normalized spacial score (nSPS) is 43.1. The first kappa shape index (κ1) is 12.8. The van der Waals surface area contributed by atoms with Gasteiger partial charge in [-0.1, -0.05) is 5.92 Å². The Morgan fingerprint density at radius 2 is 2.00 bits per heavy atom. The molecule has 0 aromatic heterocycles. The van der Waals surface area contributed by atoms with Crippen LogP contribution >= 0.6 is 0 Å². The van der Waals surface area contributed by atoms with E-state index in [0.717, 1.165) is 25.7 Å². The van der Waals surface area contributed by atoms with Gasteiger partial charge in [0.25, 0.3) is 0 Å². The molecule has 1 spiro atoms. The van der Waals surface area contributed by atoms with Crippen molar-refractivity contribution in [3.63, 3.8) is 0 Å². The van der Waals surface area contributed by atoms with E-state index in [1.165, 1.54) is 0 Å². The van der Waals surface area contributed by atoms with Crippen molar-refractivity contribution >= 4 is 6.09 Å². The summed E-state index contributed by atoms with van der Waals surface area (Å²) in [6.45, 7) is 6.10. The van der Waals surface area contributed by atoms with Gasteiger partial charge in [-0.15, -0.1) is 6.42 Å². The summed E-state index contributed by atoms with van der Waals surface area (Å²) in [7, 11) is 0. The van der Waals surface area contributed by atoms with Crippen molar-refractivity contribution in [3.8, 4) is 12.3 Å². The van der Waals surface area contributed by atoms with E-state index < -0.39 is 11.2 Å². The van der Waals surface area contributed by atoms with E-state index in [2.05, 4.69) is 11.2 Å². The molecule has 0 aromatic carbocycles. The molecule has 0 aromatic rings. The number of amides is 1. The zero-order valence-electron chi connectivity index (χ0n) is 11.8. The lowest BCUT2D eigenvalue weighted by molar-refractivity contribution is -0.146. The monoisotopic (exact) mass is 263 g/mol. The molecule has 3 unspecified atom stereocenters. The highest BCUT2D eigenvalue weighted by Crippen LogP contribution is 2.72. The minimum absolute atomic E-state index is 0.0499. The maximum Gasteiger partial charge on any atom is 0.408 e. The van der Waals surface area contributed by atoms with Crippen LogP contribution in [-0.4, -0.2) is 29.4 Å². The van der Waals surface area contributed by atoms with Crippen LogP contribution in [0.1, 0.15) is 46.5 Å². The second-order valence-corrected chi connectivity index (χ2v) is 7.05. The van der Waals surface area contributed by atoms with Crippen LogP contribution in [0.3, 0.4) is 0 Å². The standard InChI is InChI=1S/C15H21NO3/c1-5-15-9-7-13(15)6-8-14(13,10-18-15)16-11(17)19-12(2,3)4/h1H,6-10H2,2-4H3,(H,16,17). The van der Waals surface area contributed by atoms with E-state index in [1.807, 2.05) is 20.8 Å². The maximum absolute atomic E-state index is 12.0. The topological polar surface area (TPSA) is 47.6 Å². The van der Waals surface area contributed by atoms with Gasteiger partial charge in [0.1, 0.15) is 11.2 Å². The van der Waals surface area contributed by atoms with E-state index in [1.54, 1.807) is 0 Å². The zero-order valence-corrected chi connectivity index (χ0v) is 11.8. The average Bonchev–Trinajstić information content (AvgIpc) is 2.33. The molecule has 4 heteroatoms. The Hall–Kier alpha value is -1.21. The number of carbonyl (C=O) groups excluding carboxylic acids is 1. The van der Waals surface area contributed by atoms with Crippen molar-refractivity contribution in [2.45, 2.75) is 63.2 Å². The Balaban J connectivity index is 1.76. The largest absolute Gasteiger partial charge is 0.444 e. The molecule has 4 nitrogen and oxygen atoms in total. The number of rotatable bonds is 1. The smallest absolute Gasteiger partial charge is 0.408 e. The Labute approximate surface area is 114 Å². The molecule has 0 bridgehead atoms. The fourth-order valence-corrected chi connectivity index (χ4v) is 3.97. The first-order valence-electron chi connectivity index (χ1n) is 6.91.